The average Bonchev–Trinajstić information content (AvgIpc) is 3.15. The number of rotatable bonds is 6. The van der Waals surface area contributed by atoms with Gasteiger partial charge in [0.1, 0.15) is 11.6 Å². The highest BCUT2D eigenvalue weighted by molar-refractivity contribution is 7.15. The molecule has 6 nitrogen and oxygen atoms in total. The van der Waals surface area contributed by atoms with E-state index in [9.17, 15) is 15.2 Å². The first-order valence-electron chi connectivity index (χ1n) is 8.79. The Bertz CT molecular complexity index is 1100. The monoisotopic (exact) mass is 405 g/mol. The highest BCUT2D eigenvalue weighted by Crippen LogP contribution is 2.27. The minimum Gasteiger partial charge on any atom is -0.504 e. The Morgan fingerprint density at radius 1 is 1.31 bits per heavy atom. The predicted octanol–water partition coefficient (Wildman–Crippen LogP) is 4.30. The van der Waals surface area contributed by atoms with Crippen LogP contribution in [0.3, 0.4) is 0 Å². The summed E-state index contributed by atoms with van der Waals surface area (Å²) in [4.78, 5) is 17.7. The number of aryl methyl sites for hydroxylation is 1. The van der Waals surface area contributed by atoms with Gasteiger partial charge in [-0.15, -0.1) is 11.3 Å². The Hall–Kier alpha value is -3.63. The Morgan fingerprint density at radius 3 is 2.76 bits per heavy atom. The van der Waals surface area contributed by atoms with Crippen molar-refractivity contribution in [3.05, 3.63) is 75.8 Å². The average molecular weight is 405 g/mol. The smallest absolute Gasteiger partial charge is 0.268 e. The van der Waals surface area contributed by atoms with E-state index in [4.69, 9.17) is 4.74 Å². The SMILES string of the molecule is COc1cc(C=C(C#N)C(=O)Nc2ncc(Cc3ccc(C)cc3)s2)ccc1O. The van der Waals surface area contributed by atoms with Crippen molar-refractivity contribution in [1.82, 2.24) is 4.98 Å². The standard InChI is InChI=1S/C22H19N3O3S/c1-14-3-5-15(6-4-14)10-18-13-24-22(29-18)25-21(27)17(12-23)9-16-7-8-19(26)20(11-16)28-2/h3-9,11,13,26H,10H2,1-2H3,(H,24,25,27). The summed E-state index contributed by atoms with van der Waals surface area (Å²) >= 11 is 1.37. The number of carbonyl (C=O) groups is 1. The number of thiazole rings is 1. The molecule has 0 fully saturated rings. The van der Waals surface area contributed by atoms with Gasteiger partial charge in [-0.25, -0.2) is 4.98 Å². The molecular formula is C22H19N3O3S. The van der Waals surface area contributed by atoms with E-state index in [1.807, 2.05) is 13.0 Å². The lowest BCUT2D eigenvalue weighted by Crippen LogP contribution is -2.13. The third-order valence-electron chi connectivity index (χ3n) is 4.15. The van der Waals surface area contributed by atoms with E-state index in [1.54, 1.807) is 18.3 Å². The number of ether oxygens (including phenoxy) is 1. The third-order valence-corrected chi connectivity index (χ3v) is 5.07. The van der Waals surface area contributed by atoms with Crippen LogP contribution in [0.15, 0.2) is 54.2 Å². The van der Waals surface area contributed by atoms with Crippen molar-refractivity contribution in [3.8, 4) is 17.6 Å². The number of benzene rings is 2. The molecule has 0 spiro atoms. The number of methoxy groups -OCH3 is 1. The van der Waals surface area contributed by atoms with E-state index in [-0.39, 0.29) is 17.1 Å². The van der Waals surface area contributed by atoms with Crippen molar-refractivity contribution >= 4 is 28.5 Å². The maximum Gasteiger partial charge on any atom is 0.268 e. The van der Waals surface area contributed by atoms with Crippen LogP contribution >= 0.6 is 11.3 Å². The van der Waals surface area contributed by atoms with Crippen LogP contribution in [-0.2, 0) is 11.2 Å². The fourth-order valence-electron chi connectivity index (χ4n) is 2.62. The molecule has 1 amide bonds. The topological polar surface area (TPSA) is 95.2 Å². The molecule has 7 heteroatoms. The van der Waals surface area contributed by atoms with Crippen LogP contribution in [0.1, 0.15) is 21.6 Å². The lowest BCUT2D eigenvalue weighted by Gasteiger charge is -2.04. The summed E-state index contributed by atoms with van der Waals surface area (Å²) in [6.45, 7) is 2.04. The van der Waals surface area contributed by atoms with Gasteiger partial charge in [-0.05, 0) is 36.3 Å². The van der Waals surface area contributed by atoms with Crippen LogP contribution in [0.25, 0.3) is 6.08 Å². The van der Waals surface area contributed by atoms with Gasteiger partial charge in [0.2, 0.25) is 0 Å². The summed E-state index contributed by atoms with van der Waals surface area (Å²) in [7, 11) is 1.43. The number of nitrogens with zero attached hydrogens (tertiary/aromatic N) is 2. The first kappa shape index (κ1) is 20.1. The van der Waals surface area contributed by atoms with Crippen LogP contribution in [0.5, 0.6) is 11.5 Å². The van der Waals surface area contributed by atoms with Crippen molar-refractivity contribution in [2.24, 2.45) is 0 Å². The minimum atomic E-state index is -0.546. The maximum absolute atomic E-state index is 12.5. The highest BCUT2D eigenvalue weighted by atomic mass is 32.1. The van der Waals surface area contributed by atoms with Crippen LogP contribution in [-0.4, -0.2) is 23.1 Å². The second-order valence-corrected chi connectivity index (χ2v) is 7.46. The Balaban J connectivity index is 1.71. The summed E-state index contributed by atoms with van der Waals surface area (Å²) in [5.41, 5.74) is 2.85. The first-order valence-corrected chi connectivity index (χ1v) is 9.60. The summed E-state index contributed by atoms with van der Waals surface area (Å²) < 4.78 is 5.04. The minimum absolute atomic E-state index is 0.0171. The van der Waals surface area contributed by atoms with E-state index < -0.39 is 5.91 Å². The molecule has 0 atom stereocenters. The van der Waals surface area contributed by atoms with Crippen LogP contribution < -0.4 is 10.1 Å². The number of carbonyl (C=O) groups excluding carboxylic acids is 1. The van der Waals surface area contributed by atoms with E-state index in [1.165, 1.54) is 36.2 Å². The van der Waals surface area contributed by atoms with Gasteiger partial charge in [0.15, 0.2) is 16.6 Å². The quantitative estimate of drug-likeness (QED) is 0.471. The molecule has 146 valence electrons. The number of aromatic hydroxyl groups is 1. The van der Waals surface area contributed by atoms with E-state index in [0.29, 0.717) is 10.7 Å². The largest absolute Gasteiger partial charge is 0.504 e. The zero-order valence-corrected chi connectivity index (χ0v) is 16.8. The second-order valence-electron chi connectivity index (χ2n) is 6.35. The molecule has 2 aromatic carbocycles. The molecule has 0 aliphatic heterocycles. The van der Waals surface area contributed by atoms with Crippen molar-refractivity contribution in [3.63, 3.8) is 0 Å². The van der Waals surface area contributed by atoms with Gasteiger partial charge in [0.25, 0.3) is 5.91 Å². The third kappa shape index (κ3) is 5.21. The summed E-state index contributed by atoms with van der Waals surface area (Å²) in [5.74, 6) is -0.301. The lowest BCUT2D eigenvalue weighted by molar-refractivity contribution is -0.112. The number of phenolic OH excluding ortho intramolecular Hbond substituents is 1. The van der Waals surface area contributed by atoms with Crippen LogP contribution in [0.2, 0.25) is 0 Å². The molecule has 0 bridgehead atoms. The number of hydrogen-bond acceptors (Lipinski definition) is 6. The second kappa shape index (κ2) is 9.04. The Morgan fingerprint density at radius 2 is 2.07 bits per heavy atom. The van der Waals surface area contributed by atoms with E-state index in [0.717, 1.165) is 16.9 Å². The van der Waals surface area contributed by atoms with Crippen molar-refractivity contribution < 1.29 is 14.6 Å². The molecule has 0 aliphatic carbocycles. The highest BCUT2D eigenvalue weighted by Gasteiger charge is 2.13. The number of phenols is 1. The summed E-state index contributed by atoms with van der Waals surface area (Å²) in [5, 5.41) is 22.1. The number of aromatic nitrogens is 1. The van der Waals surface area contributed by atoms with Gasteiger partial charge in [-0.3, -0.25) is 10.1 Å². The number of nitrogens with one attached hydrogen (secondary N) is 1. The summed E-state index contributed by atoms with van der Waals surface area (Å²) in [6.07, 6.45) is 3.88. The number of anilines is 1. The molecule has 0 saturated heterocycles. The predicted molar refractivity (Wildman–Crippen MR) is 113 cm³/mol. The van der Waals surface area contributed by atoms with Gasteiger partial charge in [-0.1, -0.05) is 35.9 Å². The van der Waals surface area contributed by atoms with Crippen LogP contribution in [0.4, 0.5) is 5.13 Å². The Kier molecular flexibility index (Phi) is 6.27. The van der Waals surface area contributed by atoms with E-state index in [2.05, 4.69) is 34.6 Å². The molecule has 3 rings (SSSR count). The van der Waals surface area contributed by atoms with Gasteiger partial charge in [-0.2, -0.15) is 5.26 Å². The molecule has 0 unspecified atom stereocenters. The van der Waals surface area contributed by atoms with Gasteiger partial charge >= 0.3 is 0 Å². The number of nitriles is 1. The van der Waals surface area contributed by atoms with Crippen molar-refractivity contribution in [2.45, 2.75) is 13.3 Å². The van der Waals surface area contributed by atoms with Crippen LogP contribution in [0, 0.1) is 18.3 Å². The molecular weight excluding hydrogens is 386 g/mol. The maximum atomic E-state index is 12.5. The zero-order chi connectivity index (χ0) is 20.8. The molecule has 1 aromatic heterocycles. The number of hydrogen-bond donors (Lipinski definition) is 2. The molecule has 0 aliphatic rings. The fraction of sp³-hybridized carbons (Fsp3) is 0.136. The van der Waals surface area contributed by atoms with Crippen molar-refractivity contribution in [1.29, 1.82) is 5.26 Å². The normalized spacial score (nSPS) is 11.0. The molecule has 0 radical (unpaired) electrons. The van der Waals surface area contributed by atoms with Gasteiger partial charge < -0.3 is 9.84 Å². The molecule has 3 aromatic rings. The molecule has 29 heavy (non-hydrogen) atoms. The van der Waals surface area contributed by atoms with Crippen molar-refractivity contribution in [2.75, 3.05) is 12.4 Å². The summed E-state index contributed by atoms with van der Waals surface area (Å²) in [6, 6.07) is 14.7. The van der Waals surface area contributed by atoms with Gasteiger partial charge in [0, 0.05) is 17.5 Å². The number of amides is 1. The fourth-order valence-corrected chi connectivity index (χ4v) is 3.46. The molecule has 0 saturated carbocycles. The Labute approximate surface area is 172 Å². The van der Waals surface area contributed by atoms with E-state index >= 15 is 0 Å². The molecule has 2 N–H and O–H groups in total. The first-order chi connectivity index (χ1) is 14.0. The van der Waals surface area contributed by atoms with Gasteiger partial charge in [0.05, 0.1) is 7.11 Å². The zero-order valence-electron chi connectivity index (χ0n) is 16.0. The lowest BCUT2D eigenvalue weighted by atomic mass is 10.1. The molecule has 1 heterocycles.